The van der Waals surface area contributed by atoms with Gasteiger partial charge in [0.1, 0.15) is 11.6 Å². The van der Waals surface area contributed by atoms with Gasteiger partial charge in [0.2, 0.25) is 0 Å². The summed E-state index contributed by atoms with van der Waals surface area (Å²) in [6, 6.07) is 1.87. The Balaban J connectivity index is 2.41. The first kappa shape index (κ1) is 17.9. The number of nitrogens with one attached hydrogen (secondary N) is 1. The molecule has 1 aliphatic heterocycles. The summed E-state index contributed by atoms with van der Waals surface area (Å²) in [7, 11) is 0. The van der Waals surface area contributed by atoms with Gasteiger partial charge in [-0.3, -0.25) is 14.5 Å². The van der Waals surface area contributed by atoms with Crippen LogP contribution in [0, 0.1) is 11.3 Å². The van der Waals surface area contributed by atoms with Crippen LogP contribution in [0.3, 0.4) is 0 Å². The minimum Gasteiger partial charge on any atom is -0.481 e. The third-order valence-electron chi connectivity index (χ3n) is 3.35. The van der Waals surface area contributed by atoms with Gasteiger partial charge in [-0.1, -0.05) is 0 Å². The maximum Gasteiger partial charge on any atom is 0.303 e. The Morgan fingerprint density at radius 3 is 2.50 bits per heavy atom. The largest absolute Gasteiger partial charge is 0.481 e. The number of carboxylic acid groups (broad SMARTS) is 1. The molecule has 0 aromatic rings. The Morgan fingerprint density at radius 2 is 1.95 bits per heavy atom. The van der Waals surface area contributed by atoms with E-state index < -0.39 is 11.9 Å². The Kier molecular flexibility index (Phi) is 7.96. The van der Waals surface area contributed by atoms with Gasteiger partial charge in [-0.25, -0.2) is 0 Å². The van der Waals surface area contributed by atoms with Gasteiger partial charge in [0.05, 0.1) is 6.61 Å². The highest BCUT2D eigenvalue weighted by atomic mass is 16.4. The van der Waals surface area contributed by atoms with E-state index in [-0.39, 0.29) is 25.1 Å². The fourth-order valence-corrected chi connectivity index (χ4v) is 2.12. The Bertz CT molecular complexity index is 450. The van der Waals surface area contributed by atoms with Crippen LogP contribution in [0.4, 0.5) is 0 Å². The summed E-state index contributed by atoms with van der Waals surface area (Å²) >= 11 is 0. The van der Waals surface area contributed by atoms with E-state index in [0.717, 1.165) is 13.1 Å². The average Bonchev–Trinajstić information content (AvgIpc) is 2.50. The van der Waals surface area contributed by atoms with Crippen molar-refractivity contribution in [3.8, 4) is 6.07 Å². The number of hydrogen-bond acceptors (Lipinski definition) is 6. The highest BCUT2D eigenvalue weighted by molar-refractivity contribution is 5.97. The standard InChI is InChI=1S/C14H22N4O4/c15-10-12(14(22)16-3-1-2-13(20)21)11-18-6-4-17(5-7-18)8-9-19/h11,19H,1-9H2,(H,16,22)(H,20,21)/b12-11-. The molecule has 1 aliphatic rings. The Labute approximate surface area is 129 Å². The number of carbonyl (C=O) groups excluding carboxylic acids is 1. The second-order valence-corrected chi connectivity index (χ2v) is 5.01. The molecule has 0 aliphatic carbocycles. The number of nitrogens with zero attached hydrogens (tertiary/aromatic N) is 3. The predicted molar refractivity (Wildman–Crippen MR) is 78.7 cm³/mol. The van der Waals surface area contributed by atoms with Gasteiger partial charge in [0.25, 0.3) is 5.91 Å². The summed E-state index contributed by atoms with van der Waals surface area (Å²) in [5.74, 6) is -1.39. The quantitative estimate of drug-likeness (QED) is 0.298. The number of rotatable bonds is 8. The van der Waals surface area contributed by atoms with Crippen molar-refractivity contribution in [1.29, 1.82) is 5.26 Å². The topological polar surface area (TPSA) is 117 Å². The number of carboxylic acids is 1. The van der Waals surface area contributed by atoms with Gasteiger partial charge in [-0.2, -0.15) is 5.26 Å². The molecule has 1 heterocycles. The molecule has 0 saturated carbocycles. The van der Waals surface area contributed by atoms with Crippen LogP contribution in [0.1, 0.15) is 12.8 Å². The van der Waals surface area contributed by atoms with Crippen molar-refractivity contribution in [1.82, 2.24) is 15.1 Å². The third-order valence-corrected chi connectivity index (χ3v) is 3.35. The molecule has 3 N–H and O–H groups in total. The minimum atomic E-state index is -0.911. The number of aliphatic hydroxyl groups excluding tert-OH is 1. The first-order valence-corrected chi connectivity index (χ1v) is 7.26. The fourth-order valence-electron chi connectivity index (χ4n) is 2.12. The summed E-state index contributed by atoms with van der Waals surface area (Å²) in [6.07, 6.45) is 1.86. The SMILES string of the molecule is N#C/C(=C/N1CCN(CCO)CC1)C(=O)NCCCC(=O)O. The van der Waals surface area contributed by atoms with Crippen molar-refractivity contribution in [2.75, 3.05) is 45.9 Å². The average molecular weight is 310 g/mol. The number of aliphatic carboxylic acids is 1. The van der Waals surface area contributed by atoms with Gasteiger partial charge in [0, 0.05) is 51.9 Å². The second kappa shape index (κ2) is 9.76. The monoisotopic (exact) mass is 310 g/mol. The number of β-amino-alcohol motifs (C(OH)–C–C–N with tert-alkyl or cyclic N) is 1. The van der Waals surface area contributed by atoms with Crippen LogP contribution < -0.4 is 5.32 Å². The van der Waals surface area contributed by atoms with Gasteiger partial charge in [-0.05, 0) is 6.42 Å². The summed E-state index contributed by atoms with van der Waals surface area (Å²) in [5.41, 5.74) is 0.0194. The lowest BCUT2D eigenvalue weighted by Gasteiger charge is -2.33. The van der Waals surface area contributed by atoms with E-state index in [1.807, 2.05) is 11.0 Å². The summed E-state index contributed by atoms with van der Waals surface area (Å²) in [5, 5.41) is 29.0. The van der Waals surface area contributed by atoms with E-state index >= 15 is 0 Å². The normalized spacial score (nSPS) is 16.2. The van der Waals surface area contributed by atoms with Crippen LogP contribution in [0.15, 0.2) is 11.8 Å². The second-order valence-electron chi connectivity index (χ2n) is 5.01. The number of carbonyl (C=O) groups is 2. The molecule has 1 rings (SSSR count). The maximum atomic E-state index is 11.8. The van der Waals surface area contributed by atoms with Crippen LogP contribution in [-0.2, 0) is 9.59 Å². The molecule has 0 bridgehead atoms. The van der Waals surface area contributed by atoms with Crippen LogP contribution in [-0.4, -0.2) is 77.8 Å². The lowest BCUT2D eigenvalue weighted by molar-refractivity contribution is -0.137. The lowest BCUT2D eigenvalue weighted by atomic mass is 10.2. The molecular weight excluding hydrogens is 288 g/mol. The van der Waals surface area contributed by atoms with E-state index in [1.165, 1.54) is 0 Å². The predicted octanol–water partition coefficient (Wildman–Crippen LogP) is -1.02. The number of nitriles is 1. The van der Waals surface area contributed by atoms with Crippen molar-refractivity contribution in [3.63, 3.8) is 0 Å². The van der Waals surface area contributed by atoms with Gasteiger partial charge in [-0.15, -0.1) is 0 Å². The number of amides is 1. The van der Waals surface area contributed by atoms with Crippen LogP contribution in [0.5, 0.6) is 0 Å². The van der Waals surface area contributed by atoms with E-state index in [9.17, 15) is 9.59 Å². The number of aliphatic hydroxyl groups is 1. The van der Waals surface area contributed by atoms with Crippen molar-refractivity contribution >= 4 is 11.9 Å². The van der Waals surface area contributed by atoms with Gasteiger partial charge < -0.3 is 20.4 Å². The molecule has 0 atom stereocenters. The molecule has 0 radical (unpaired) electrons. The summed E-state index contributed by atoms with van der Waals surface area (Å²) in [4.78, 5) is 26.2. The van der Waals surface area contributed by atoms with Gasteiger partial charge >= 0.3 is 5.97 Å². The van der Waals surface area contributed by atoms with E-state index in [4.69, 9.17) is 15.5 Å². The molecule has 8 nitrogen and oxygen atoms in total. The van der Waals surface area contributed by atoms with Gasteiger partial charge in [0.15, 0.2) is 0 Å². The van der Waals surface area contributed by atoms with Crippen molar-refractivity contribution in [2.24, 2.45) is 0 Å². The van der Waals surface area contributed by atoms with Crippen LogP contribution >= 0.6 is 0 Å². The molecule has 122 valence electrons. The summed E-state index contributed by atoms with van der Waals surface area (Å²) in [6.45, 7) is 3.92. The lowest BCUT2D eigenvalue weighted by Crippen LogP contribution is -2.45. The first-order valence-electron chi connectivity index (χ1n) is 7.26. The Morgan fingerprint density at radius 1 is 1.27 bits per heavy atom. The fraction of sp³-hybridized carbons (Fsp3) is 0.643. The zero-order valence-corrected chi connectivity index (χ0v) is 12.5. The highest BCUT2D eigenvalue weighted by Gasteiger charge is 2.16. The zero-order chi connectivity index (χ0) is 16.4. The molecule has 1 saturated heterocycles. The number of piperazine rings is 1. The Hall–Kier alpha value is -2.11. The van der Waals surface area contributed by atoms with Crippen molar-refractivity contribution in [3.05, 3.63) is 11.8 Å². The molecule has 22 heavy (non-hydrogen) atoms. The minimum absolute atomic E-state index is 0.0152. The smallest absolute Gasteiger partial charge is 0.303 e. The molecule has 0 unspecified atom stereocenters. The van der Waals surface area contributed by atoms with E-state index in [0.29, 0.717) is 26.1 Å². The van der Waals surface area contributed by atoms with E-state index in [2.05, 4.69) is 10.2 Å². The third kappa shape index (κ3) is 6.56. The number of hydrogen-bond donors (Lipinski definition) is 3. The molecule has 8 heteroatoms. The molecule has 0 spiro atoms. The molecule has 1 amide bonds. The molecule has 0 aromatic heterocycles. The van der Waals surface area contributed by atoms with E-state index in [1.54, 1.807) is 6.20 Å². The molecule has 0 aromatic carbocycles. The molecular formula is C14H22N4O4. The van der Waals surface area contributed by atoms with Crippen LogP contribution in [0.2, 0.25) is 0 Å². The highest BCUT2D eigenvalue weighted by Crippen LogP contribution is 2.05. The first-order chi connectivity index (χ1) is 10.6. The maximum absolute atomic E-state index is 11.8. The summed E-state index contributed by atoms with van der Waals surface area (Å²) < 4.78 is 0. The molecule has 1 fully saturated rings. The van der Waals surface area contributed by atoms with Crippen molar-refractivity contribution in [2.45, 2.75) is 12.8 Å². The van der Waals surface area contributed by atoms with Crippen molar-refractivity contribution < 1.29 is 19.8 Å². The van der Waals surface area contributed by atoms with Crippen LogP contribution in [0.25, 0.3) is 0 Å². The zero-order valence-electron chi connectivity index (χ0n) is 12.5.